The Morgan fingerprint density at radius 3 is 2.50 bits per heavy atom. The summed E-state index contributed by atoms with van der Waals surface area (Å²) in [4.78, 5) is 2.61. The Balaban J connectivity index is 2.14. The third-order valence-corrected chi connectivity index (χ3v) is 3.85. The molecule has 0 saturated heterocycles. The molecule has 0 spiro atoms. The third-order valence-electron chi connectivity index (χ3n) is 2.34. The van der Waals surface area contributed by atoms with Crippen LogP contribution in [0, 0.1) is 11.6 Å². The van der Waals surface area contributed by atoms with Crippen LogP contribution in [0.5, 0.6) is 0 Å². The molecule has 0 aliphatic heterocycles. The quantitative estimate of drug-likeness (QED) is 0.776. The van der Waals surface area contributed by atoms with Crippen LogP contribution in [0.4, 0.5) is 14.5 Å². The van der Waals surface area contributed by atoms with Crippen LogP contribution in [0.2, 0.25) is 0 Å². The van der Waals surface area contributed by atoms with Gasteiger partial charge in [0.1, 0.15) is 11.6 Å². The fourth-order valence-electron chi connectivity index (χ4n) is 1.51. The molecule has 20 heavy (non-hydrogen) atoms. The number of nitrogens with one attached hydrogen (secondary N) is 1. The van der Waals surface area contributed by atoms with Gasteiger partial charge in [0.05, 0.1) is 0 Å². The lowest BCUT2D eigenvalue weighted by Crippen LogP contribution is -2.28. The number of rotatable bonds is 5. The first-order chi connectivity index (χ1) is 9.40. The van der Waals surface area contributed by atoms with Crippen molar-refractivity contribution in [2.75, 3.05) is 12.3 Å². The second kappa shape index (κ2) is 5.51. The predicted octanol–water partition coefficient (Wildman–Crippen LogP) is 0.451. The van der Waals surface area contributed by atoms with E-state index in [-0.39, 0.29) is 24.5 Å². The van der Waals surface area contributed by atoms with Crippen LogP contribution < -0.4 is 10.5 Å². The highest BCUT2D eigenvalue weighted by molar-refractivity contribution is 7.89. The average Bonchev–Trinajstić information content (AvgIpc) is 2.79. The molecule has 0 fully saturated rings. The van der Waals surface area contributed by atoms with Crippen molar-refractivity contribution < 1.29 is 21.7 Å². The van der Waals surface area contributed by atoms with E-state index in [2.05, 4.69) is 14.7 Å². The molecule has 1 aromatic carbocycles. The molecule has 2 aromatic rings. The molecule has 2 rings (SSSR count). The van der Waals surface area contributed by atoms with Crippen molar-refractivity contribution in [3.05, 3.63) is 36.0 Å². The van der Waals surface area contributed by atoms with Crippen molar-refractivity contribution in [3.63, 3.8) is 0 Å². The van der Waals surface area contributed by atoms with E-state index in [0.717, 1.165) is 18.5 Å². The number of nitrogens with two attached hydrogens (primary N) is 1. The summed E-state index contributed by atoms with van der Waals surface area (Å²) in [5.74, 6) is -2.24. The Hall–Kier alpha value is -2.07. The standard InChI is InChI=1S/C10H10F2N4O3S/c11-7-3-6(13)4-8(12)10(7)20(17,18)15-2-1-9-14-5-19-16-9/h3-5,15H,1-2,13H2. The molecule has 1 aromatic heterocycles. The maximum atomic E-state index is 13.5. The zero-order valence-corrected chi connectivity index (χ0v) is 10.8. The highest BCUT2D eigenvalue weighted by Crippen LogP contribution is 2.21. The minimum atomic E-state index is -4.33. The van der Waals surface area contributed by atoms with E-state index in [1.54, 1.807) is 0 Å². The average molecular weight is 304 g/mol. The zero-order chi connectivity index (χ0) is 14.8. The number of benzene rings is 1. The molecular formula is C10H10F2N4O3S. The van der Waals surface area contributed by atoms with E-state index in [9.17, 15) is 17.2 Å². The number of hydrogen-bond donors (Lipinski definition) is 2. The molecule has 0 saturated carbocycles. The summed E-state index contributed by atoms with van der Waals surface area (Å²) in [5.41, 5.74) is 5.01. The number of halogens is 2. The lowest BCUT2D eigenvalue weighted by Gasteiger charge is -2.08. The monoisotopic (exact) mass is 304 g/mol. The maximum absolute atomic E-state index is 13.5. The molecule has 0 bridgehead atoms. The molecule has 108 valence electrons. The maximum Gasteiger partial charge on any atom is 0.246 e. The SMILES string of the molecule is Nc1cc(F)c(S(=O)(=O)NCCc2ncon2)c(F)c1. The molecule has 0 aliphatic carbocycles. The number of anilines is 1. The third kappa shape index (κ3) is 3.08. The van der Waals surface area contributed by atoms with E-state index in [4.69, 9.17) is 5.73 Å². The number of nitrogen functional groups attached to an aromatic ring is 1. The van der Waals surface area contributed by atoms with Gasteiger partial charge in [-0.2, -0.15) is 4.98 Å². The lowest BCUT2D eigenvalue weighted by atomic mass is 10.3. The number of aromatic nitrogens is 2. The summed E-state index contributed by atoms with van der Waals surface area (Å²) < 4.78 is 57.2. The van der Waals surface area contributed by atoms with Crippen LogP contribution in [0.3, 0.4) is 0 Å². The first-order valence-electron chi connectivity index (χ1n) is 5.39. The van der Waals surface area contributed by atoms with Gasteiger partial charge < -0.3 is 10.3 Å². The zero-order valence-electron chi connectivity index (χ0n) is 10.0. The summed E-state index contributed by atoms with van der Waals surface area (Å²) in [6, 6.07) is 1.47. The van der Waals surface area contributed by atoms with E-state index >= 15 is 0 Å². The Kier molecular flexibility index (Phi) is 3.95. The lowest BCUT2D eigenvalue weighted by molar-refractivity contribution is 0.409. The molecule has 0 atom stereocenters. The molecule has 10 heteroatoms. The predicted molar refractivity (Wildman–Crippen MR) is 64.0 cm³/mol. The van der Waals surface area contributed by atoms with E-state index in [1.807, 2.05) is 4.72 Å². The van der Waals surface area contributed by atoms with Gasteiger partial charge in [0.25, 0.3) is 0 Å². The molecule has 0 unspecified atom stereocenters. The van der Waals surface area contributed by atoms with Crippen LogP contribution in [0.25, 0.3) is 0 Å². The molecule has 7 nitrogen and oxygen atoms in total. The van der Waals surface area contributed by atoms with Crippen molar-refractivity contribution in [2.24, 2.45) is 0 Å². The number of sulfonamides is 1. The Labute approximate surface area is 112 Å². The Morgan fingerprint density at radius 2 is 1.95 bits per heavy atom. The first-order valence-corrected chi connectivity index (χ1v) is 6.88. The summed E-state index contributed by atoms with van der Waals surface area (Å²) in [7, 11) is -4.33. The van der Waals surface area contributed by atoms with Crippen molar-refractivity contribution in [1.82, 2.24) is 14.9 Å². The highest BCUT2D eigenvalue weighted by Gasteiger charge is 2.24. The summed E-state index contributed by atoms with van der Waals surface area (Å²) in [6.45, 7) is -0.134. The summed E-state index contributed by atoms with van der Waals surface area (Å²) in [6.07, 6.45) is 1.21. The molecule has 0 aliphatic rings. The van der Waals surface area contributed by atoms with Crippen molar-refractivity contribution >= 4 is 15.7 Å². The van der Waals surface area contributed by atoms with Crippen LogP contribution in [-0.4, -0.2) is 25.1 Å². The van der Waals surface area contributed by atoms with Crippen LogP contribution in [0.1, 0.15) is 5.82 Å². The Bertz CT molecular complexity index is 680. The summed E-state index contributed by atoms with van der Waals surface area (Å²) in [5, 5.41) is 3.47. The topological polar surface area (TPSA) is 111 Å². The minimum Gasteiger partial charge on any atom is -0.399 e. The largest absolute Gasteiger partial charge is 0.399 e. The minimum absolute atomic E-state index is 0.119. The van der Waals surface area contributed by atoms with Gasteiger partial charge >= 0.3 is 0 Å². The first kappa shape index (κ1) is 14.3. The van der Waals surface area contributed by atoms with Crippen LogP contribution >= 0.6 is 0 Å². The highest BCUT2D eigenvalue weighted by atomic mass is 32.2. The van der Waals surface area contributed by atoms with Gasteiger partial charge in [-0.1, -0.05) is 5.16 Å². The summed E-state index contributed by atoms with van der Waals surface area (Å²) >= 11 is 0. The van der Waals surface area contributed by atoms with E-state index < -0.39 is 26.6 Å². The molecule has 1 heterocycles. The Morgan fingerprint density at radius 1 is 1.30 bits per heavy atom. The number of hydrogen-bond acceptors (Lipinski definition) is 6. The normalized spacial score (nSPS) is 11.7. The van der Waals surface area contributed by atoms with Crippen molar-refractivity contribution in [1.29, 1.82) is 0 Å². The van der Waals surface area contributed by atoms with Gasteiger partial charge in [-0.05, 0) is 12.1 Å². The van der Waals surface area contributed by atoms with E-state index in [0.29, 0.717) is 0 Å². The molecule has 3 N–H and O–H groups in total. The van der Waals surface area contributed by atoms with Crippen LogP contribution in [-0.2, 0) is 16.4 Å². The molecule has 0 radical (unpaired) electrons. The van der Waals surface area contributed by atoms with Gasteiger partial charge in [-0.25, -0.2) is 21.9 Å². The second-order valence-electron chi connectivity index (χ2n) is 3.81. The number of nitrogens with zero attached hydrogens (tertiary/aromatic N) is 2. The van der Waals surface area contributed by atoms with Gasteiger partial charge in [-0.3, -0.25) is 0 Å². The van der Waals surface area contributed by atoms with Crippen molar-refractivity contribution in [2.45, 2.75) is 11.3 Å². The van der Waals surface area contributed by atoms with Crippen LogP contribution in [0.15, 0.2) is 27.9 Å². The second-order valence-corrected chi connectivity index (χ2v) is 5.51. The molecule has 0 amide bonds. The fourth-order valence-corrected chi connectivity index (χ4v) is 2.65. The smallest absolute Gasteiger partial charge is 0.246 e. The van der Waals surface area contributed by atoms with E-state index in [1.165, 1.54) is 0 Å². The van der Waals surface area contributed by atoms with Gasteiger partial charge in [-0.15, -0.1) is 0 Å². The fraction of sp³-hybridized carbons (Fsp3) is 0.200. The van der Waals surface area contributed by atoms with Gasteiger partial charge in [0, 0.05) is 18.7 Å². The van der Waals surface area contributed by atoms with Gasteiger partial charge in [0.2, 0.25) is 16.4 Å². The van der Waals surface area contributed by atoms with Gasteiger partial charge in [0.15, 0.2) is 10.7 Å². The molecular weight excluding hydrogens is 294 g/mol. The van der Waals surface area contributed by atoms with Crippen molar-refractivity contribution in [3.8, 4) is 0 Å².